The number of aliphatic hydroxyl groups is 1. The number of benzene rings is 2. The first-order valence-corrected chi connectivity index (χ1v) is 11.1. The smallest absolute Gasteiger partial charge is 0.240 e. The normalized spacial score (nSPS) is 22.3. The van der Waals surface area contributed by atoms with Gasteiger partial charge in [0.05, 0.1) is 18.3 Å². The highest BCUT2D eigenvalue weighted by Crippen LogP contribution is 2.31. The van der Waals surface area contributed by atoms with Crippen LogP contribution in [-0.4, -0.2) is 39.1 Å². The molecule has 3 atom stereocenters. The number of hydrogen-bond acceptors (Lipinski definition) is 3. The van der Waals surface area contributed by atoms with Gasteiger partial charge in [0.2, 0.25) is 9.04 Å². The molecule has 1 heterocycles. The zero-order valence-corrected chi connectivity index (χ0v) is 17.1. The molecule has 0 spiro atoms. The summed E-state index contributed by atoms with van der Waals surface area (Å²) in [6.07, 6.45) is 0.935. The molecule has 1 fully saturated rings. The van der Waals surface area contributed by atoms with Crippen LogP contribution < -0.4 is 10.4 Å². The van der Waals surface area contributed by atoms with Gasteiger partial charge in [0.1, 0.15) is 0 Å². The van der Waals surface area contributed by atoms with Crippen molar-refractivity contribution in [2.45, 2.75) is 51.9 Å². The van der Waals surface area contributed by atoms with E-state index in [1.807, 2.05) is 12.1 Å². The Balaban J connectivity index is 1.92. The second-order valence-corrected chi connectivity index (χ2v) is 10.6. The van der Waals surface area contributed by atoms with Crippen LogP contribution in [0.25, 0.3) is 0 Å². The summed E-state index contributed by atoms with van der Waals surface area (Å²) in [7, 11) is -1.86. The Morgan fingerprint density at radius 3 is 2.00 bits per heavy atom. The van der Waals surface area contributed by atoms with Gasteiger partial charge in [-0.25, -0.2) is 0 Å². The Labute approximate surface area is 158 Å². The molecule has 26 heavy (non-hydrogen) atoms. The molecule has 1 unspecified atom stereocenters. The molecule has 2 aromatic carbocycles. The van der Waals surface area contributed by atoms with Gasteiger partial charge in [-0.2, -0.15) is 0 Å². The Kier molecular flexibility index (Phi) is 6.30. The average molecular weight is 371 g/mol. The van der Waals surface area contributed by atoms with Gasteiger partial charge in [-0.05, 0) is 22.2 Å². The molecule has 1 aliphatic rings. The molecule has 1 saturated heterocycles. The molecule has 0 aliphatic carbocycles. The summed E-state index contributed by atoms with van der Waals surface area (Å²) in [6.45, 7) is 7.20. The first-order chi connectivity index (χ1) is 12.4. The van der Waals surface area contributed by atoms with E-state index in [0.717, 1.165) is 0 Å². The SMILES string of the molecule is CC(C)(C)C(O[SiH](c1ccccc1)c1ccccc1)[C@@H]1C[C@@H](O)CCO1. The molecule has 140 valence electrons. The largest absolute Gasteiger partial charge is 0.405 e. The van der Waals surface area contributed by atoms with Crippen LogP contribution in [0, 0.1) is 5.41 Å². The van der Waals surface area contributed by atoms with Crippen LogP contribution in [0.3, 0.4) is 0 Å². The summed E-state index contributed by atoms with van der Waals surface area (Å²) in [5.41, 5.74) is -0.0729. The molecule has 3 nitrogen and oxygen atoms in total. The van der Waals surface area contributed by atoms with E-state index < -0.39 is 9.04 Å². The molecule has 3 rings (SSSR count). The third-order valence-electron chi connectivity index (χ3n) is 4.97. The van der Waals surface area contributed by atoms with Crippen molar-refractivity contribution < 1.29 is 14.3 Å². The van der Waals surface area contributed by atoms with E-state index in [2.05, 4.69) is 69.3 Å². The van der Waals surface area contributed by atoms with Crippen LogP contribution in [0.4, 0.5) is 0 Å². The van der Waals surface area contributed by atoms with Crippen LogP contribution >= 0.6 is 0 Å². The lowest BCUT2D eigenvalue weighted by Crippen LogP contribution is -2.54. The summed E-state index contributed by atoms with van der Waals surface area (Å²) in [5, 5.41) is 12.7. The zero-order valence-electron chi connectivity index (χ0n) is 16.0. The highest BCUT2D eigenvalue weighted by Gasteiger charge is 2.39. The van der Waals surface area contributed by atoms with Crippen molar-refractivity contribution in [1.82, 2.24) is 0 Å². The van der Waals surface area contributed by atoms with E-state index in [-0.39, 0.29) is 23.7 Å². The van der Waals surface area contributed by atoms with Gasteiger partial charge in [0.15, 0.2) is 0 Å². The summed E-state index contributed by atoms with van der Waals surface area (Å²) >= 11 is 0. The van der Waals surface area contributed by atoms with E-state index >= 15 is 0 Å². The standard InChI is InChI=1S/C22H30O3Si/c1-22(2,3)21(20-16-17(23)14-15-24-20)25-26(18-10-6-4-7-11-18)19-12-8-5-9-13-19/h4-13,17,20-21,23,26H,14-16H2,1-3H3/t17-,20-,21?/m0/s1. The fourth-order valence-corrected chi connectivity index (χ4v) is 6.34. The topological polar surface area (TPSA) is 38.7 Å². The van der Waals surface area contributed by atoms with Crippen LogP contribution in [0.15, 0.2) is 60.7 Å². The number of aliphatic hydroxyl groups excluding tert-OH is 1. The number of ether oxygens (including phenoxy) is 1. The van der Waals surface area contributed by atoms with Crippen molar-refractivity contribution >= 4 is 19.4 Å². The Morgan fingerprint density at radius 1 is 1.00 bits per heavy atom. The fourth-order valence-electron chi connectivity index (χ4n) is 3.62. The van der Waals surface area contributed by atoms with Gasteiger partial charge in [0.25, 0.3) is 0 Å². The predicted octanol–water partition coefficient (Wildman–Crippen LogP) is 2.50. The maximum Gasteiger partial charge on any atom is 0.240 e. The minimum atomic E-state index is -1.86. The summed E-state index contributed by atoms with van der Waals surface area (Å²) < 4.78 is 12.9. The summed E-state index contributed by atoms with van der Waals surface area (Å²) in [6, 6.07) is 21.1. The molecule has 1 aliphatic heterocycles. The molecule has 0 amide bonds. The molecule has 2 aromatic rings. The third-order valence-corrected chi connectivity index (χ3v) is 7.51. The van der Waals surface area contributed by atoms with Gasteiger partial charge in [0, 0.05) is 13.0 Å². The van der Waals surface area contributed by atoms with Gasteiger partial charge < -0.3 is 14.3 Å². The lowest BCUT2D eigenvalue weighted by atomic mass is 9.83. The van der Waals surface area contributed by atoms with Gasteiger partial charge in [-0.15, -0.1) is 0 Å². The summed E-state index contributed by atoms with van der Waals surface area (Å²) in [4.78, 5) is 0. The molecule has 1 N–H and O–H groups in total. The van der Waals surface area contributed by atoms with Crippen molar-refractivity contribution in [1.29, 1.82) is 0 Å². The van der Waals surface area contributed by atoms with Crippen molar-refractivity contribution in [3.05, 3.63) is 60.7 Å². The molecule has 0 saturated carbocycles. The number of hydrogen-bond donors (Lipinski definition) is 1. The van der Waals surface area contributed by atoms with E-state index in [9.17, 15) is 5.11 Å². The third kappa shape index (κ3) is 4.83. The van der Waals surface area contributed by atoms with Crippen LogP contribution in [0.1, 0.15) is 33.6 Å². The van der Waals surface area contributed by atoms with Crippen molar-refractivity contribution in [2.75, 3.05) is 6.61 Å². The molecule has 0 bridgehead atoms. The highest BCUT2D eigenvalue weighted by atomic mass is 28.3. The van der Waals surface area contributed by atoms with E-state index in [1.54, 1.807) is 0 Å². The van der Waals surface area contributed by atoms with E-state index in [4.69, 9.17) is 9.16 Å². The average Bonchev–Trinajstić information content (AvgIpc) is 2.63. The van der Waals surface area contributed by atoms with E-state index in [0.29, 0.717) is 19.4 Å². The predicted molar refractivity (Wildman–Crippen MR) is 109 cm³/mol. The Bertz CT molecular complexity index is 629. The molecule has 0 aromatic heterocycles. The van der Waals surface area contributed by atoms with Gasteiger partial charge in [-0.1, -0.05) is 81.4 Å². The van der Waals surface area contributed by atoms with Crippen molar-refractivity contribution in [3.8, 4) is 0 Å². The maximum atomic E-state index is 10.1. The second kappa shape index (κ2) is 8.48. The summed E-state index contributed by atoms with van der Waals surface area (Å²) in [5.74, 6) is 0. The Morgan fingerprint density at radius 2 is 1.54 bits per heavy atom. The number of rotatable bonds is 5. The fraction of sp³-hybridized carbons (Fsp3) is 0.455. The van der Waals surface area contributed by atoms with Gasteiger partial charge in [-0.3, -0.25) is 0 Å². The first kappa shape index (κ1) is 19.3. The lowest BCUT2D eigenvalue weighted by molar-refractivity contribution is -0.116. The second-order valence-electron chi connectivity index (χ2n) is 8.21. The minimum Gasteiger partial charge on any atom is -0.405 e. The van der Waals surface area contributed by atoms with Crippen LogP contribution in [0.2, 0.25) is 0 Å². The first-order valence-electron chi connectivity index (χ1n) is 9.50. The van der Waals surface area contributed by atoms with Crippen molar-refractivity contribution in [3.63, 3.8) is 0 Å². The highest BCUT2D eigenvalue weighted by molar-refractivity contribution is 6.80. The minimum absolute atomic E-state index is 0.0606. The van der Waals surface area contributed by atoms with Gasteiger partial charge >= 0.3 is 0 Å². The monoisotopic (exact) mass is 370 g/mol. The molecular weight excluding hydrogens is 340 g/mol. The Hall–Kier alpha value is -1.46. The molecule has 0 radical (unpaired) electrons. The maximum absolute atomic E-state index is 10.1. The molecular formula is C22H30O3Si. The van der Waals surface area contributed by atoms with E-state index in [1.165, 1.54) is 10.4 Å². The quantitative estimate of drug-likeness (QED) is 0.822. The van der Waals surface area contributed by atoms with Crippen LogP contribution in [-0.2, 0) is 9.16 Å². The lowest BCUT2D eigenvalue weighted by Gasteiger charge is -2.41. The molecule has 4 heteroatoms. The van der Waals surface area contributed by atoms with Crippen molar-refractivity contribution in [2.24, 2.45) is 5.41 Å². The zero-order chi connectivity index (χ0) is 18.6. The van der Waals surface area contributed by atoms with Crippen LogP contribution in [0.5, 0.6) is 0 Å².